The maximum Gasteiger partial charge on any atom is 0.264 e. The molecule has 9 heteroatoms. The minimum absolute atomic E-state index is 0.0381. The molecule has 4 aromatic carbocycles. The summed E-state index contributed by atoms with van der Waals surface area (Å²) < 4.78 is 29.2. The number of aryl methyl sites for hydroxylation is 2. The minimum atomic E-state index is -4.18. The molecule has 0 radical (unpaired) electrons. The van der Waals surface area contributed by atoms with Gasteiger partial charge < -0.3 is 10.2 Å². The summed E-state index contributed by atoms with van der Waals surface area (Å²) in [6.45, 7) is 5.79. The van der Waals surface area contributed by atoms with Gasteiger partial charge in [-0.2, -0.15) is 0 Å². The third kappa shape index (κ3) is 8.27. The first-order valence-corrected chi connectivity index (χ1v) is 16.4. The van der Waals surface area contributed by atoms with Crippen molar-refractivity contribution in [1.82, 2.24) is 10.2 Å². The van der Waals surface area contributed by atoms with E-state index in [9.17, 15) is 18.0 Å². The molecule has 1 N–H and O–H groups in total. The Morgan fingerprint density at radius 2 is 1.48 bits per heavy atom. The molecule has 0 aromatic heterocycles. The van der Waals surface area contributed by atoms with Gasteiger partial charge in [-0.1, -0.05) is 103 Å². The van der Waals surface area contributed by atoms with Crippen LogP contribution in [0.25, 0.3) is 0 Å². The first-order valence-electron chi connectivity index (χ1n) is 14.6. The van der Waals surface area contributed by atoms with Crippen LogP contribution in [-0.4, -0.2) is 44.3 Å². The Morgan fingerprint density at radius 1 is 0.841 bits per heavy atom. The lowest BCUT2D eigenvalue weighted by atomic mass is 10.0. The number of nitrogens with one attached hydrogen (secondary N) is 1. The van der Waals surface area contributed by atoms with Gasteiger partial charge in [-0.05, 0) is 61.2 Å². The average molecular weight is 632 g/mol. The van der Waals surface area contributed by atoms with Crippen molar-refractivity contribution in [2.45, 2.75) is 51.1 Å². The number of sulfonamides is 1. The van der Waals surface area contributed by atoms with Crippen LogP contribution >= 0.6 is 11.6 Å². The van der Waals surface area contributed by atoms with Crippen LogP contribution in [0.2, 0.25) is 5.02 Å². The number of amides is 2. The third-order valence-corrected chi connectivity index (χ3v) is 9.54. The van der Waals surface area contributed by atoms with Crippen LogP contribution < -0.4 is 9.62 Å². The van der Waals surface area contributed by atoms with Gasteiger partial charge in [-0.25, -0.2) is 8.42 Å². The molecule has 4 aromatic rings. The molecule has 4 rings (SSSR count). The molecule has 0 aliphatic carbocycles. The molecule has 1 atom stereocenters. The summed E-state index contributed by atoms with van der Waals surface area (Å²) in [4.78, 5) is 29.7. The van der Waals surface area contributed by atoms with Crippen LogP contribution in [0.5, 0.6) is 0 Å². The number of carbonyl (C=O) groups excluding carboxylic acids is 2. The van der Waals surface area contributed by atoms with Crippen LogP contribution in [0.4, 0.5) is 5.69 Å². The van der Waals surface area contributed by atoms with Gasteiger partial charge in [-0.15, -0.1) is 0 Å². The molecule has 230 valence electrons. The van der Waals surface area contributed by atoms with Crippen molar-refractivity contribution in [3.63, 3.8) is 0 Å². The Balaban J connectivity index is 1.80. The maximum atomic E-state index is 14.4. The predicted molar refractivity (Wildman–Crippen MR) is 176 cm³/mol. The van der Waals surface area contributed by atoms with E-state index in [2.05, 4.69) is 5.32 Å². The van der Waals surface area contributed by atoms with Crippen molar-refractivity contribution in [3.8, 4) is 0 Å². The van der Waals surface area contributed by atoms with E-state index in [1.807, 2.05) is 75.4 Å². The Hall–Kier alpha value is -4.14. The number of anilines is 1. The molecule has 0 saturated heterocycles. The number of hydrogen-bond donors (Lipinski definition) is 1. The van der Waals surface area contributed by atoms with E-state index >= 15 is 0 Å². The second-order valence-corrected chi connectivity index (χ2v) is 13.0. The molecule has 0 unspecified atom stereocenters. The van der Waals surface area contributed by atoms with Crippen LogP contribution in [0.1, 0.15) is 35.6 Å². The van der Waals surface area contributed by atoms with Crippen molar-refractivity contribution >= 4 is 39.1 Å². The summed E-state index contributed by atoms with van der Waals surface area (Å²) in [6, 6.07) is 29.2. The molecule has 0 fully saturated rings. The van der Waals surface area contributed by atoms with Crippen LogP contribution in [0.3, 0.4) is 0 Å². The topological polar surface area (TPSA) is 86.8 Å². The van der Waals surface area contributed by atoms with Gasteiger partial charge in [0.05, 0.1) is 10.6 Å². The molecule has 0 spiro atoms. The lowest BCUT2D eigenvalue weighted by Crippen LogP contribution is -2.53. The largest absolute Gasteiger partial charge is 0.354 e. The number of nitrogens with zero attached hydrogens (tertiary/aromatic N) is 2. The summed E-state index contributed by atoms with van der Waals surface area (Å²) >= 11 is 6.43. The Bertz CT molecular complexity index is 1660. The molecule has 44 heavy (non-hydrogen) atoms. The molecular weight excluding hydrogens is 594 g/mol. The molecule has 0 aliphatic rings. The van der Waals surface area contributed by atoms with Crippen molar-refractivity contribution in [2.24, 2.45) is 0 Å². The van der Waals surface area contributed by atoms with Gasteiger partial charge in [0.15, 0.2) is 0 Å². The Labute approximate surface area is 265 Å². The monoisotopic (exact) mass is 631 g/mol. The summed E-state index contributed by atoms with van der Waals surface area (Å²) in [5, 5.41) is 3.33. The standard InChI is InChI=1S/C35H38ClN3O4S/c1-4-21-37-35(41)33(22-28-11-7-5-8-12-28)38(24-29-18-15-26(2)16-19-29)34(40)25-39(30-20-17-27(3)32(36)23-30)44(42,43)31-13-9-6-10-14-31/h5-20,23,33H,4,21-22,24-25H2,1-3H3,(H,37,41)/t33-/m0/s1. The van der Waals surface area contributed by atoms with Gasteiger partial charge in [0.25, 0.3) is 10.0 Å². The Kier molecular flexibility index (Phi) is 11.2. The zero-order valence-electron chi connectivity index (χ0n) is 25.2. The number of carbonyl (C=O) groups is 2. The van der Waals surface area contributed by atoms with Gasteiger partial charge in [0.1, 0.15) is 12.6 Å². The fourth-order valence-corrected chi connectivity index (χ4v) is 6.40. The van der Waals surface area contributed by atoms with Crippen molar-refractivity contribution in [1.29, 1.82) is 0 Å². The van der Waals surface area contributed by atoms with E-state index in [0.717, 1.165) is 33.0 Å². The Morgan fingerprint density at radius 3 is 2.09 bits per heavy atom. The second kappa shape index (κ2) is 15.0. The molecule has 2 amide bonds. The fourth-order valence-electron chi connectivity index (χ4n) is 4.80. The van der Waals surface area contributed by atoms with Crippen LogP contribution in [-0.2, 0) is 32.6 Å². The van der Waals surface area contributed by atoms with E-state index in [0.29, 0.717) is 11.6 Å². The highest BCUT2D eigenvalue weighted by Gasteiger charge is 2.34. The highest BCUT2D eigenvalue weighted by atomic mass is 35.5. The van der Waals surface area contributed by atoms with Crippen molar-refractivity contribution in [2.75, 3.05) is 17.4 Å². The van der Waals surface area contributed by atoms with E-state index in [-0.39, 0.29) is 29.5 Å². The van der Waals surface area contributed by atoms with Gasteiger partial charge in [0.2, 0.25) is 11.8 Å². The molecule has 0 heterocycles. The lowest BCUT2D eigenvalue weighted by molar-refractivity contribution is -0.140. The quantitative estimate of drug-likeness (QED) is 0.187. The molecule has 0 saturated carbocycles. The van der Waals surface area contributed by atoms with Gasteiger partial charge in [0, 0.05) is 24.5 Å². The van der Waals surface area contributed by atoms with Crippen molar-refractivity contribution in [3.05, 3.63) is 130 Å². The summed E-state index contributed by atoms with van der Waals surface area (Å²) in [5.41, 5.74) is 3.79. The normalized spacial score (nSPS) is 11.9. The van der Waals surface area contributed by atoms with E-state index in [1.165, 1.54) is 17.0 Å². The molecule has 0 bridgehead atoms. The third-order valence-electron chi connectivity index (χ3n) is 7.35. The summed E-state index contributed by atoms with van der Waals surface area (Å²) in [7, 11) is -4.18. The zero-order valence-corrected chi connectivity index (χ0v) is 26.8. The molecule has 0 aliphatic heterocycles. The minimum Gasteiger partial charge on any atom is -0.354 e. The molecular formula is C35H38ClN3O4S. The van der Waals surface area contributed by atoms with E-state index in [4.69, 9.17) is 11.6 Å². The van der Waals surface area contributed by atoms with Gasteiger partial charge in [-0.3, -0.25) is 13.9 Å². The lowest BCUT2D eigenvalue weighted by Gasteiger charge is -2.34. The number of halogens is 1. The first-order chi connectivity index (χ1) is 21.1. The van der Waals surface area contributed by atoms with E-state index in [1.54, 1.807) is 36.4 Å². The second-order valence-electron chi connectivity index (χ2n) is 10.8. The summed E-state index contributed by atoms with van der Waals surface area (Å²) in [6.07, 6.45) is 0.989. The zero-order chi connectivity index (χ0) is 31.7. The van der Waals surface area contributed by atoms with Crippen molar-refractivity contribution < 1.29 is 18.0 Å². The highest BCUT2D eigenvalue weighted by molar-refractivity contribution is 7.92. The molecule has 7 nitrogen and oxygen atoms in total. The first kappa shape index (κ1) is 32.8. The average Bonchev–Trinajstić information content (AvgIpc) is 3.03. The van der Waals surface area contributed by atoms with Crippen LogP contribution in [0, 0.1) is 13.8 Å². The van der Waals surface area contributed by atoms with Crippen LogP contribution in [0.15, 0.2) is 108 Å². The highest BCUT2D eigenvalue weighted by Crippen LogP contribution is 2.29. The number of hydrogen-bond acceptors (Lipinski definition) is 4. The predicted octanol–water partition coefficient (Wildman–Crippen LogP) is 6.32. The summed E-state index contributed by atoms with van der Waals surface area (Å²) in [5.74, 6) is -0.818. The van der Waals surface area contributed by atoms with Gasteiger partial charge >= 0.3 is 0 Å². The van der Waals surface area contributed by atoms with E-state index < -0.39 is 28.5 Å². The SMILES string of the molecule is CCCNC(=O)[C@H](Cc1ccccc1)N(Cc1ccc(C)cc1)C(=O)CN(c1ccc(C)c(Cl)c1)S(=O)(=O)c1ccccc1. The number of rotatable bonds is 13. The smallest absolute Gasteiger partial charge is 0.264 e. The fraction of sp³-hybridized carbons (Fsp3) is 0.257. The number of benzene rings is 4. The maximum absolute atomic E-state index is 14.4.